The molecular weight excluding hydrogens is 486 g/mol. The number of amides is 2. The lowest BCUT2D eigenvalue weighted by molar-refractivity contribution is 0.101. The van der Waals surface area contributed by atoms with Crippen LogP contribution in [0.1, 0.15) is 65.8 Å². The Labute approximate surface area is 220 Å². The van der Waals surface area contributed by atoms with Crippen LogP contribution in [0.15, 0.2) is 77.7 Å². The number of carbonyl (C=O) groups excluding carboxylic acids is 2. The predicted molar refractivity (Wildman–Crippen MR) is 149 cm³/mol. The van der Waals surface area contributed by atoms with Crippen LogP contribution in [0.4, 0.5) is 11.4 Å². The van der Waals surface area contributed by atoms with Gasteiger partial charge in [-0.3, -0.25) is 9.59 Å². The van der Waals surface area contributed by atoms with Gasteiger partial charge in [0.1, 0.15) is 0 Å². The van der Waals surface area contributed by atoms with Crippen molar-refractivity contribution in [3.63, 3.8) is 0 Å². The van der Waals surface area contributed by atoms with Crippen LogP contribution in [0.25, 0.3) is 0 Å². The minimum absolute atomic E-state index is 0.207. The molecule has 0 unspecified atom stereocenters. The van der Waals surface area contributed by atoms with Gasteiger partial charge < -0.3 is 10.6 Å². The summed E-state index contributed by atoms with van der Waals surface area (Å²) in [5.74, 6) is -0.622. The summed E-state index contributed by atoms with van der Waals surface area (Å²) in [6, 6.07) is 20.2. The molecule has 196 valence electrons. The van der Waals surface area contributed by atoms with Gasteiger partial charge in [0.15, 0.2) is 0 Å². The minimum atomic E-state index is -3.61. The van der Waals surface area contributed by atoms with Crippen molar-refractivity contribution < 1.29 is 18.0 Å². The quantitative estimate of drug-likeness (QED) is 0.301. The van der Waals surface area contributed by atoms with E-state index in [-0.39, 0.29) is 16.7 Å². The Kier molecular flexibility index (Phi) is 10.00. The Balaban J connectivity index is 1.72. The van der Waals surface area contributed by atoms with Crippen molar-refractivity contribution in [2.45, 2.75) is 51.3 Å². The molecule has 0 atom stereocenters. The third kappa shape index (κ3) is 7.50. The Morgan fingerprint density at radius 3 is 1.95 bits per heavy atom. The molecule has 0 bridgehead atoms. The Morgan fingerprint density at radius 2 is 1.35 bits per heavy atom. The van der Waals surface area contributed by atoms with Crippen LogP contribution in [-0.2, 0) is 10.0 Å². The van der Waals surface area contributed by atoms with Gasteiger partial charge in [-0.05, 0) is 73.9 Å². The number of rotatable bonds is 12. The summed E-state index contributed by atoms with van der Waals surface area (Å²) in [4.78, 5) is 25.7. The van der Waals surface area contributed by atoms with Crippen LogP contribution in [0.5, 0.6) is 0 Å². The molecule has 0 aliphatic rings. The summed E-state index contributed by atoms with van der Waals surface area (Å²) in [6.07, 6.45) is 3.45. The van der Waals surface area contributed by atoms with Crippen molar-refractivity contribution in [1.29, 1.82) is 0 Å². The number of aryl methyl sites for hydroxylation is 1. The van der Waals surface area contributed by atoms with Gasteiger partial charge in [-0.1, -0.05) is 51.0 Å². The number of hydrogen-bond acceptors (Lipinski definition) is 4. The lowest BCUT2D eigenvalue weighted by Gasteiger charge is -2.22. The molecule has 0 saturated carbocycles. The topological polar surface area (TPSA) is 95.6 Å². The Hall–Kier alpha value is -3.49. The average molecular weight is 522 g/mol. The first-order valence-electron chi connectivity index (χ1n) is 12.6. The van der Waals surface area contributed by atoms with Gasteiger partial charge in [0, 0.05) is 35.6 Å². The van der Waals surface area contributed by atoms with Gasteiger partial charge in [-0.2, -0.15) is 4.31 Å². The molecule has 0 radical (unpaired) electrons. The fourth-order valence-corrected chi connectivity index (χ4v) is 5.28. The summed E-state index contributed by atoms with van der Waals surface area (Å²) in [5.41, 5.74) is 2.74. The maximum Gasteiger partial charge on any atom is 0.255 e. The summed E-state index contributed by atoms with van der Waals surface area (Å²) >= 11 is 0. The fraction of sp³-hybridized carbons (Fsp3) is 0.310. The molecule has 0 saturated heterocycles. The van der Waals surface area contributed by atoms with Crippen LogP contribution in [-0.4, -0.2) is 37.6 Å². The van der Waals surface area contributed by atoms with Gasteiger partial charge in [-0.15, -0.1) is 0 Å². The molecule has 0 aliphatic carbocycles. The molecule has 0 aromatic heterocycles. The molecule has 0 heterocycles. The van der Waals surface area contributed by atoms with E-state index < -0.39 is 10.0 Å². The zero-order valence-corrected chi connectivity index (χ0v) is 22.5. The highest BCUT2D eigenvalue weighted by Crippen LogP contribution is 2.22. The molecule has 0 spiro atoms. The molecule has 2 amide bonds. The highest BCUT2D eigenvalue weighted by molar-refractivity contribution is 7.89. The van der Waals surface area contributed by atoms with Crippen LogP contribution >= 0.6 is 0 Å². The van der Waals surface area contributed by atoms with E-state index in [4.69, 9.17) is 0 Å². The largest absolute Gasteiger partial charge is 0.322 e. The number of benzene rings is 3. The highest BCUT2D eigenvalue weighted by Gasteiger charge is 2.23. The molecule has 0 aliphatic heterocycles. The molecule has 2 N–H and O–H groups in total. The van der Waals surface area contributed by atoms with E-state index >= 15 is 0 Å². The number of nitrogens with zero attached hydrogens (tertiary/aromatic N) is 1. The smallest absolute Gasteiger partial charge is 0.255 e. The van der Waals surface area contributed by atoms with Gasteiger partial charge in [0.2, 0.25) is 10.0 Å². The summed E-state index contributed by atoms with van der Waals surface area (Å²) in [5, 5.41) is 5.67. The van der Waals surface area contributed by atoms with E-state index in [1.807, 2.05) is 26.8 Å². The molecule has 7 nitrogen and oxygen atoms in total. The van der Waals surface area contributed by atoms with Crippen molar-refractivity contribution in [3.05, 3.63) is 89.5 Å². The normalized spacial score (nSPS) is 11.4. The van der Waals surface area contributed by atoms with E-state index in [0.717, 1.165) is 31.2 Å². The first kappa shape index (κ1) is 28.1. The fourth-order valence-electron chi connectivity index (χ4n) is 3.77. The standard InChI is InChI=1S/C29H35N3O4S/c1-4-6-19-32(20-7-5-2)37(35,36)26-17-15-25(16-18-26)30-29(34)24-14-13-22(3)27(21-24)31-28(33)23-11-9-8-10-12-23/h8-18,21H,4-7,19-20H2,1-3H3,(H,30,34)(H,31,33). The van der Waals surface area contributed by atoms with Crippen molar-refractivity contribution in [2.75, 3.05) is 23.7 Å². The maximum atomic E-state index is 13.2. The molecule has 0 fully saturated rings. The number of sulfonamides is 1. The number of hydrogen-bond donors (Lipinski definition) is 2. The zero-order valence-electron chi connectivity index (χ0n) is 21.7. The summed E-state index contributed by atoms with van der Waals surface area (Å²) in [6.45, 7) is 6.92. The second kappa shape index (κ2) is 13.2. The van der Waals surface area contributed by atoms with Gasteiger partial charge in [0.25, 0.3) is 11.8 Å². The SMILES string of the molecule is CCCCN(CCCC)S(=O)(=O)c1ccc(NC(=O)c2ccc(C)c(NC(=O)c3ccccc3)c2)cc1. The molecule has 8 heteroatoms. The van der Waals surface area contributed by atoms with E-state index in [0.29, 0.717) is 35.6 Å². The van der Waals surface area contributed by atoms with E-state index in [2.05, 4.69) is 10.6 Å². The molecule has 3 aromatic carbocycles. The van der Waals surface area contributed by atoms with Gasteiger partial charge in [-0.25, -0.2) is 8.42 Å². The number of anilines is 2. The molecular formula is C29H35N3O4S. The van der Waals surface area contributed by atoms with Crippen molar-refractivity contribution in [1.82, 2.24) is 4.31 Å². The third-order valence-corrected chi connectivity index (χ3v) is 7.97. The van der Waals surface area contributed by atoms with Gasteiger partial charge >= 0.3 is 0 Å². The van der Waals surface area contributed by atoms with Crippen molar-refractivity contribution in [2.24, 2.45) is 0 Å². The predicted octanol–water partition coefficient (Wildman–Crippen LogP) is 6.09. The zero-order chi connectivity index (χ0) is 26.8. The van der Waals surface area contributed by atoms with E-state index in [1.54, 1.807) is 58.9 Å². The van der Waals surface area contributed by atoms with Crippen LogP contribution in [0.2, 0.25) is 0 Å². The Morgan fingerprint density at radius 1 is 0.757 bits per heavy atom. The van der Waals surface area contributed by atoms with Gasteiger partial charge in [0.05, 0.1) is 4.90 Å². The monoisotopic (exact) mass is 521 g/mol. The lowest BCUT2D eigenvalue weighted by Crippen LogP contribution is -2.33. The van der Waals surface area contributed by atoms with Crippen LogP contribution in [0.3, 0.4) is 0 Å². The second-order valence-electron chi connectivity index (χ2n) is 8.94. The van der Waals surface area contributed by atoms with E-state index in [9.17, 15) is 18.0 Å². The average Bonchev–Trinajstić information content (AvgIpc) is 2.90. The number of unbranched alkanes of at least 4 members (excludes halogenated alkanes) is 2. The lowest BCUT2D eigenvalue weighted by atomic mass is 10.1. The second-order valence-corrected chi connectivity index (χ2v) is 10.9. The third-order valence-electron chi connectivity index (χ3n) is 6.06. The number of carbonyl (C=O) groups is 2. The molecule has 3 rings (SSSR count). The van der Waals surface area contributed by atoms with Crippen LogP contribution < -0.4 is 10.6 Å². The first-order valence-corrected chi connectivity index (χ1v) is 14.1. The first-order chi connectivity index (χ1) is 17.8. The van der Waals surface area contributed by atoms with Crippen molar-refractivity contribution in [3.8, 4) is 0 Å². The summed E-state index contributed by atoms with van der Waals surface area (Å²) < 4.78 is 27.9. The minimum Gasteiger partial charge on any atom is -0.322 e. The molecule has 3 aromatic rings. The van der Waals surface area contributed by atoms with Crippen molar-refractivity contribution >= 4 is 33.2 Å². The molecule has 37 heavy (non-hydrogen) atoms. The van der Waals surface area contributed by atoms with E-state index in [1.165, 1.54) is 12.1 Å². The Bertz CT molecular complexity index is 1300. The van der Waals surface area contributed by atoms with Crippen LogP contribution in [0, 0.1) is 6.92 Å². The number of nitrogens with one attached hydrogen (secondary N) is 2. The summed E-state index contributed by atoms with van der Waals surface area (Å²) in [7, 11) is -3.61. The maximum absolute atomic E-state index is 13.2. The highest BCUT2D eigenvalue weighted by atomic mass is 32.2.